The number of nitrogens with zero attached hydrogens (tertiary/aromatic N) is 4. The lowest BCUT2D eigenvalue weighted by Crippen LogP contribution is -2.52. The molecule has 2 saturated heterocycles. The van der Waals surface area contributed by atoms with Gasteiger partial charge in [-0.1, -0.05) is 0 Å². The predicted octanol–water partition coefficient (Wildman–Crippen LogP) is 1.67. The largest absolute Gasteiger partial charge is 0.346 e. The zero-order valence-electron chi connectivity index (χ0n) is 12.7. The maximum Gasteiger partial charge on any atom is 0.236 e. The summed E-state index contributed by atoms with van der Waals surface area (Å²) in [4.78, 5) is 23.5. The zero-order valence-corrected chi connectivity index (χ0v) is 13.5. The number of anilines is 1. The van der Waals surface area contributed by atoms with Crippen LogP contribution in [-0.4, -0.2) is 66.0 Å². The number of likely N-dealkylation sites (tertiary alicyclic amines) is 1. The Balaban J connectivity index is 1.47. The Morgan fingerprint density at radius 1 is 1.29 bits per heavy atom. The number of carbonyl (C=O) groups is 1. The number of carbonyl (C=O) groups excluding carboxylic acids is 1. The van der Waals surface area contributed by atoms with Gasteiger partial charge in [0.15, 0.2) is 5.13 Å². The van der Waals surface area contributed by atoms with Crippen molar-refractivity contribution in [1.29, 1.82) is 0 Å². The highest BCUT2D eigenvalue weighted by Gasteiger charge is 2.26. The summed E-state index contributed by atoms with van der Waals surface area (Å²) >= 11 is 1.69. The first-order chi connectivity index (χ1) is 10.2. The highest BCUT2D eigenvalue weighted by Crippen LogP contribution is 2.20. The molecule has 1 amide bonds. The van der Waals surface area contributed by atoms with E-state index in [2.05, 4.69) is 26.6 Å². The maximum atomic E-state index is 12.4. The van der Waals surface area contributed by atoms with Crippen LogP contribution in [-0.2, 0) is 4.79 Å². The summed E-state index contributed by atoms with van der Waals surface area (Å²) in [7, 11) is 0. The van der Waals surface area contributed by atoms with E-state index in [0.717, 1.165) is 50.7 Å². The lowest BCUT2D eigenvalue weighted by molar-refractivity contribution is -0.135. The van der Waals surface area contributed by atoms with Gasteiger partial charge in [-0.15, -0.1) is 11.3 Å². The second-order valence-electron chi connectivity index (χ2n) is 6.01. The van der Waals surface area contributed by atoms with Crippen molar-refractivity contribution in [2.75, 3.05) is 44.2 Å². The third kappa shape index (κ3) is 3.55. The van der Waals surface area contributed by atoms with Crippen LogP contribution in [0, 0.1) is 0 Å². The van der Waals surface area contributed by atoms with Crippen molar-refractivity contribution in [2.24, 2.45) is 0 Å². The van der Waals surface area contributed by atoms with Crippen LogP contribution in [0.25, 0.3) is 0 Å². The third-order valence-corrected chi connectivity index (χ3v) is 5.38. The molecule has 5 nitrogen and oxygen atoms in total. The molecule has 0 aromatic carbocycles. The van der Waals surface area contributed by atoms with Gasteiger partial charge >= 0.3 is 0 Å². The first-order valence-electron chi connectivity index (χ1n) is 7.90. The fraction of sp³-hybridized carbons (Fsp3) is 0.733. The number of rotatable bonds is 3. The summed E-state index contributed by atoms with van der Waals surface area (Å²) in [6, 6.07) is 0.419. The van der Waals surface area contributed by atoms with E-state index in [4.69, 9.17) is 0 Å². The summed E-state index contributed by atoms with van der Waals surface area (Å²) in [5, 5.41) is 3.12. The normalized spacial score (nSPS) is 24.3. The molecule has 0 spiro atoms. The van der Waals surface area contributed by atoms with Crippen molar-refractivity contribution in [3.05, 3.63) is 11.6 Å². The molecule has 1 aromatic rings. The van der Waals surface area contributed by atoms with Crippen LogP contribution in [0.15, 0.2) is 11.6 Å². The number of hydrogen-bond donors (Lipinski definition) is 0. The molecule has 0 radical (unpaired) electrons. The van der Waals surface area contributed by atoms with E-state index in [1.807, 2.05) is 11.6 Å². The Bertz CT molecular complexity index is 456. The molecule has 0 bridgehead atoms. The lowest BCUT2D eigenvalue weighted by atomic mass is 10.0. The molecule has 6 heteroatoms. The van der Waals surface area contributed by atoms with Crippen molar-refractivity contribution >= 4 is 22.4 Å². The van der Waals surface area contributed by atoms with Crippen molar-refractivity contribution in [3.63, 3.8) is 0 Å². The molecule has 1 atom stereocenters. The number of amides is 1. The quantitative estimate of drug-likeness (QED) is 0.851. The topological polar surface area (TPSA) is 39.7 Å². The van der Waals surface area contributed by atoms with Crippen molar-refractivity contribution in [3.8, 4) is 0 Å². The highest BCUT2D eigenvalue weighted by molar-refractivity contribution is 7.13. The summed E-state index contributed by atoms with van der Waals surface area (Å²) in [6.45, 7) is 7.54. The van der Waals surface area contributed by atoms with E-state index in [1.165, 1.54) is 6.42 Å². The molecule has 3 rings (SSSR count). The van der Waals surface area contributed by atoms with Crippen molar-refractivity contribution in [1.82, 2.24) is 14.8 Å². The molecule has 116 valence electrons. The maximum absolute atomic E-state index is 12.4. The number of aromatic nitrogens is 1. The van der Waals surface area contributed by atoms with Crippen molar-refractivity contribution in [2.45, 2.75) is 32.2 Å². The van der Waals surface area contributed by atoms with E-state index < -0.39 is 0 Å². The van der Waals surface area contributed by atoms with Crippen LogP contribution in [0.4, 0.5) is 5.13 Å². The molecule has 0 saturated carbocycles. The SMILES string of the molecule is C[C@@H]1CCCCN1C(=O)CN1CCN(c2nccs2)CC1. The Labute approximate surface area is 130 Å². The van der Waals surface area contributed by atoms with Gasteiger partial charge in [-0.25, -0.2) is 4.98 Å². The van der Waals surface area contributed by atoms with Crippen LogP contribution in [0.2, 0.25) is 0 Å². The Morgan fingerprint density at radius 3 is 2.76 bits per heavy atom. The van der Waals surface area contributed by atoms with Gasteiger partial charge in [0.2, 0.25) is 5.91 Å². The average molecular weight is 308 g/mol. The van der Waals surface area contributed by atoms with Gasteiger partial charge in [0, 0.05) is 50.3 Å². The van der Waals surface area contributed by atoms with Crippen LogP contribution in [0.3, 0.4) is 0 Å². The minimum atomic E-state index is 0.310. The second kappa shape index (κ2) is 6.75. The molecule has 0 aliphatic carbocycles. The minimum Gasteiger partial charge on any atom is -0.346 e. The third-order valence-electron chi connectivity index (χ3n) is 4.54. The number of thiazole rings is 1. The van der Waals surface area contributed by atoms with E-state index in [9.17, 15) is 4.79 Å². The first kappa shape index (κ1) is 14.8. The predicted molar refractivity (Wildman–Crippen MR) is 85.8 cm³/mol. The van der Waals surface area contributed by atoms with E-state index in [0.29, 0.717) is 18.5 Å². The summed E-state index contributed by atoms with van der Waals surface area (Å²) in [5.41, 5.74) is 0. The summed E-state index contributed by atoms with van der Waals surface area (Å²) < 4.78 is 0. The van der Waals surface area contributed by atoms with Gasteiger partial charge in [0.25, 0.3) is 0 Å². The number of hydrogen-bond acceptors (Lipinski definition) is 5. The van der Waals surface area contributed by atoms with E-state index in [1.54, 1.807) is 11.3 Å². The van der Waals surface area contributed by atoms with E-state index >= 15 is 0 Å². The summed E-state index contributed by atoms with van der Waals surface area (Å²) in [6.07, 6.45) is 5.43. The molecule has 1 aromatic heterocycles. The van der Waals surface area contributed by atoms with Gasteiger partial charge in [0.05, 0.1) is 6.54 Å². The fourth-order valence-corrected chi connectivity index (χ4v) is 3.92. The van der Waals surface area contributed by atoms with Gasteiger partial charge in [-0.2, -0.15) is 0 Å². The molecule has 0 unspecified atom stereocenters. The molecule has 2 aliphatic rings. The molecule has 2 fully saturated rings. The lowest BCUT2D eigenvalue weighted by Gasteiger charge is -2.38. The standard InChI is InChI=1S/C15H24N4OS/c1-13-4-2-3-6-19(13)14(20)12-17-7-9-18(10-8-17)15-16-5-11-21-15/h5,11,13H,2-4,6-10,12H2,1H3/t13-/m1/s1. The van der Waals surface area contributed by atoms with Gasteiger partial charge in [-0.05, 0) is 26.2 Å². The molecule has 3 heterocycles. The Kier molecular flexibility index (Phi) is 4.75. The van der Waals surface area contributed by atoms with Crippen molar-refractivity contribution < 1.29 is 4.79 Å². The first-order valence-corrected chi connectivity index (χ1v) is 8.78. The smallest absolute Gasteiger partial charge is 0.236 e. The van der Waals surface area contributed by atoms with Gasteiger partial charge < -0.3 is 9.80 Å². The highest BCUT2D eigenvalue weighted by atomic mass is 32.1. The second-order valence-corrected chi connectivity index (χ2v) is 6.88. The fourth-order valence-electron chi connectivity index (χ4n) is 3.22. The molecular weight excluding hydrogens is 284 g/mol. The van der Waals surface area contributed by atoms with E-state index in [-0.39, 0.29) is 0 Å². The van der Waals surface area contributed by atoms with Crippen LogP contribution in [0.5, 0.6) is 0 Å². The monoisotopic (exact) mass is 308 g/mol. The van der Waals surface area contributed by atoms with Crippen LogP contribution in [0.1, 0.15) is 26.2 Å². The van der Waals surface area contributed by atoms with Gasteiger partial charge in [-0.3, -0.25) is 9.69 Å². The number of piperazine rings is 1. The van der Waals surface area contributed by atoms with Crippen LogP contribution >= 0.6 is 11.3 Å². The van der Waals surface area contributed by atoms with Gasteiger partial charge in [0.1, 0.15) is 0 Å². The molecule has 2 aliphatic heterocycles. The summed E-state index contributed by atoms with van der Waals surface area (Å²) in [5.74, 6) is 0.310. The number of piperidine rings is 1. The van der Waals surface area contributed by atoms with Crippen LogP contribution < -0.4 is 4.90 Å². The molecule has 0 N–H and O–H groups in total. The molecule has 21 heavy (non-hydrogen) atoms. The molecular formula is C15H24N4OS. The minimum absolute atomic E-state index is 0.310. The zero-order chi connectivity index (χ0) is 14.7. The average Bonchev–Trinajstić information content (AvgIpc) is 3.02. The Hall–Kier alpha value is -1.14. The Morgan fingerprint density at radius 2 is 2.10 bits per heavy atom.